The van der Waals surface area contributed by atoms with Gasteiger partial charge < -0.3 is 5.73 Å². The zero-order valence-corrected chi connectivity index (χ0v) is 7.95. The van der Waals surface area contributed by atoms with E-state index in [1.807, 2.05) is 0 Å². The minimum absolute atomic E-state index is 0.187. The molecular formula is C9H12N4O. The SMILES string of the molecule is Cc1ncc(C(=N)N)c(=O)n1C1CC1. The van der Waals surface area contributed by atoms with E-state index in [2.05, 4.69) is 4.98 Å². The van der Waals surface area contributed by atoms with Crippen LogP contribution in [-0.4, -0.2) is 15.4 Å². The Morgan fingerprint density at radius 2 is 2.36 bits per heavy atom. The fourth-order valence-electron chi connectivity index (χ4n) is 1.50. The Bertz CT molecular complexity index is 445. The normalized spacial score (nSPS) is 15.5. The molecule has 1 aromatic rings. The molecule has 1 aliphatic rings. The van der Waals surface area contributed by atoms with Crippen LogP contribution in [0.2, 0.25) is 0 Å². The molecule has 3 N–H and O–H groups in total. The van der Waals surface area contributed by atoms with Crippen LogP contribution in [0.15, 0.2) is 11.0 Å². The van der Waals surface area contributed by atoms with Gasteiger partial charge in [0, 0.05) is 12.2 Å². The first-order chi connectivity index (χ1) is 6.61. The van der Waals surface area contributed by atoms with Gasteiger partial charge in [-0.3, -0.25) is 14.8 Å². The molecule has 0 spiro atoms. The molecule has 2 rings (SSSR count). The molecule has 1 heterocycles. The molecule has 0 bridgehead atoms. The Morgan fingerprint density at radius 3 is 2.86 bits per heavy atom. The predicted molar refractivity (Wildman–Crippen MR) is 52.5 cm³/mol. The third-order valence-electron chi connectivity index (χ3n) is 2.38. The summed E-state index contributed by atoms with van der Waals surface area (Å²) in [4.78, 5) is 15.9. The summed E-state index contributed by atoms with van der Waals surface area (Å²) in [5.41, 5.74) is 5.29. The van der Waals surface area contributed by atoms with E-state index in [-0.39, 0.29) is 23.0 Å². The second kappa shape index (κ2) is 2.94. The van der Waals surface area contributed by atoms with Crippen LogP contribution in [0.5, 0.6) is 0 Å². The Hall–Kier alpha value is -1.65. The summed E-state index contributed by atoms with van der Waals surface area (Å²) in [6.45, 7) is 1.80. The highest BCUT2D eigenvalue weighted by atomic mass is 16.1. The van der Waals surface area contributed by atoms with Gasteiger partial charge in [0.05, 0.1) is 5.56 Å². The van der Waals surface area contributed by atoms with Gasteiger partial charge in [0.25, 0.3) is 5.56 Å². The van der Waals surface area contributed by atoms with Crippen molar-refractivity contribution in [2.24, 2.45) is 5.73 Å². The van der Waals surface area contributed by atoms with Crippen molar-refractivity contribution in [3.8, 4) is 0 Å². The maximum Gasteiger partial charge on any atom is 0.264 e. The summed E-state index contributed by atoms with van der Waals surface area (Å²) in [5.74, 6) is 0.486. The van der Waals surface area contributed by atoms with E-state index in [9.17, 15) is 4.79 Å². The van der Waals surface area contributed by atoms with Gasteiger partial charge in [-0.25, -0.2) is 4.98 Å². The van der Waals surface area contributed by atoms with Gasteiger partial charge in [-0.1, -0.05) is 0 Å². The molecule has 0 aliphatic heterocycles. The van der Waals surface area contributed by atoms with Crippen molar-refractivity contribution in [1.29, 1.82) is 5.41 Å². The van der Waals surface area contributed by atoms with E-state index >= 15 is 0 Å². The number of amidine groups is 1. The molecule has 0 aromatic carbocycles. The number of hydrogen-bond acceptors (Lipinski definition) is 3. The van der Waals surface area contributed by atoms with Crippen LogP contribution >= 0.6 is 0 Å². The molecular weight excluding hydrogens is 180 g/mol. The third-order valence-corrected chi connectivity index (χ3v) is 2.38. The highest BCUT2D eigenvalue weighted by Gasteiger charge is 2.27. The zero-order chi connectivity index (χ0) is 10.3. The molecule has 14 heavy (non-hydrogen) atoms. The maximum absolute atomic E-state index is 11.8. The van der Waals surface area contributed by atoms with Gasteiger partial charge in [0.15, 0.2) is 0 Å². The fourth-order valence-corrected chi connectivity index (χ4v) is 1.50. The second-order valence-corrected chi connectivity index (χ2v) is 3.54. The van der Waals surface area contributed by atoms with Gasteiger partial charge in [0.2, 0.25) is 0 Å². The van der Waals surface area contributed by atoms with Gasteiger partial charge in [0.1, 0.15) is 11.7 Å². The average Bonchev–Trinajstić information content (AvgIpc) is 2.87. The first-order valence-corrected chi connectivity index (χ1v) is 4.54. The summed E-state index contributed by atoms with van der Waals surface area (Å²) < 4.78 is 1.64. The lowest BCUT2D eigenvalue weighted by Gasteiger charge is -2.08. The summed E-state index contributed by atoms with van der Waals surface area (Å²) >= 11 is 0. The molecule has 5 nitrogen and oxygen atoms in total. The van der Waals surface area contributed by atoms with Crippen LogP contribution in [0.4, 0.5) is 0 Å². The predicted octanol–water partition coefficient (Wildman–Crippen LogP) is 0.171. The van der Waals surface area contributed by atoms with Crippen LogP contribution in [0.1, 0.15) is 30.3 Å². The number of nitrogens with zero attached hydrogens (tertiary/aromatic N) is 2. The van der Waals surface area contributed by atoms with Crippen molar-refractivity contribution >= 4 is 5.84 Å². The molecule has 0 unspecified atom stereocenters. The number of aryl methyl sites for hydroxylation is 1. The number of hydrogen-bond donors (Lipinski definition) is 2. The van der Waals surface area contributed by atoms with Crippen LogP contribution in [0.3, 0.4) is 0 Å². The Balaban J connectivity index is 2.62. The molecule has 1 aliphatic carbocycles. The Labute approximate surface area is 81.1 Å². The average molecular weight is 192 g/mol. The highest BCUT2D eigenvalue weighted by molar-refractivity contribution is 5.94. The lowest BCUT2D eigenvalue weighted by Crippen LogP contribution is -2.31. The smallest absolute Gasteiger partial charge is 0.264 e. The maximum atomic E-state index is 11.8. The van der Waals surface area contributed by atoms with E-state index in [0.29, 0.717) is 5.82 Å². The molecule has 1 fully saturated rings. The molecule has 1 aromatic heterocycles. The van der Waals surface area contributed by atoms with Crippen LogP contribution in [-0.2, 0) is 0 Å². The van der Waals surface area contributed by atoms with Crippen molar-refractivity contribution in [1.82, 2.24) is 9.55 Å². The van der Waals surface area contributed by atoms with Gasteiger partial charge in [-0.2, -0.15) is 0 Å². The molecule has 0 atom stereocenters. The minimum Gasteiger partial charge on any atom is -0.383 e. The minimum atomic E-state index is -0.211. The van der Waals surface area contributed by atoms with E-state index in [1.54, 1.807) is 11.5 Å². The number of aromatic nitrogens is 2. The fraction of sp³-hybridized carbons (Fsp3) is 0.444. The second-order valence-electron chi connectivity index (χ2n) is 3.54. The highest BCUT2D eigenvalue weighted by Crippen LogP contribution is 2.33. The summed E-state index contributed by atoms with van der Waals surface area (Å²) in [6, 6.07) is 0.272. The Morgan fingerprint density at radius 1 is 1.71 bits per heavy atom. The van der Waals surface area contributed by atoms with Crippen molar-refractivity contribution in [3.05, 3.63) is 27.9 Å². The van der Waals surface area contributed by atoms with Crippen LogP contribution in [0.25, 0.3) is 0 Å². The molecule has 0 amide bonds. The molecule has 5 heteroatoms. The van der Waals surface area contributed by atoms with Crippen molar-refractivity contribution < 1.29 is 0 Å². The van der Waals surface area contributed by atoms with Crippen molar-refractivity contribution in [2.75, 3.05) is 0 Å². The monoisotopic (exact) mass is 192 g/mol. The number of rotatable bonds is 2. The number of nitrogens with two attached hydrogens (primary N) is 1. The molecule has 0 saturated heterocycles. The first-order valence-electron chi connectivity index (χ1n) is 4.54. The standard InChI is InChI=1S/C9H12N4O/c1-5-12-4-7(8(10)11)9(14)13(5)6-2-3-6/h4,6H,2-3H2,1H3,(H3,10,11). The van der Waals surface area contributed by atoms with E-state index in [4.69, 9.17) is 11.1 Å². The van der Waals surface area contributed by atoms with Gasteiger partial charge >= 0.3 is 0 Å². The van der Waals surface area contributed by atoms with Gasteiger partial charge in [-0.05, 0) is 19.8 Å². The number of nitrogens with one attached hydrogen (secondary N) is 1. The van der Waals surface area contributed by atoms with Crippen molar-refractivity contribution in [3.63, 3.8) is 0 Å². The number of nitrogen functional groups attached to an aromatic ring is 1. The van der Waals surface area contributed by atoms with Crippen LogP contribution < -0.4 is 11.3 Å². The van der Waals surface area contributed by atoms with Crippen molar-refractivity contribution in [2.45, 2.75) is 25.8 Å². The van der Waals surface area contributed by atoms with Gasteiger partial charge in [-0.15, -0.1) is 0 Å². The molecule has 1 saturated carbocycles. The van der Waals surface area contributed by atoms with Crippen LogP contribution in [0, 0.1) is 12.3 Å². The zero-order valence-electron chi connectivity index (χ0n) is 7.95. The topological polar surface area (TPSA) is 84.8 Å². The largest absolute Gasteiger partial charge is 0.383 e. The third kappa shape index (κ3) is 1.30. The van der Waals surface area contributed by atoms with E-state index in [1.165, 1.54) is 6.20 Å². The quantitative estimate of drug-likeness (QED) is 0.517. The summed E-state index contributed by atoms with van der Waals surface area (Å²) in [6.07, 6.45) is 3.41. The Kier molecular flexibility index (Phi) is 1.87. The lowest BCUT2D eigenvalue weighted by molar-refractivity contribution is 0.655. The van der Waals surface area contributed by atoms with E-state index < -0.39 is 0 Å². The van der Waals surface area contributed by atoms with E-state index in [0.717, 1.165) is 12.8 Å². The summed E-state index contributed by atoms with van der Waals surface area (Å²) in [7, 11) is 0. The molecule has 0 radical (unpaired) electrons. The first kappa shape index (κ1) is 8.93. The molecule has 74 valence electrons. The summed E-state index contributed by atoms with van der Waals surface area (Å²) in [5, 5.41) is 7.23. The lowest BCUT2D eigenvalue weighted by atomic mass is 10.3.